The van der Waals surface area contributed by atoms with Gasteiger partial charge in [-0.05, 0) is 47.7 Å². The van der Waals surface area contributed by atoms with Crippen LogP contribution in [0.5, 0.6) is 0 Å². The molecule has 0 amide bonds. The molecule has 2 aliphatic rings. The highest BCUT2D eigenvalue weighted by Gasteiger charge is 2.62. The van der Waals surface area contributed by atoms with Crippen molar-refractivity contribution in [2.75, 3.05) is 21.3 Å². The number of rotatable bonds is 9. The summed E-state index contributed by atoms with van der Waals surface area (Å²) in [6.07, 6.45) is 3.05. The van der Waals surface area contributed by atoms with Gasteiger partial charge in [-0.2, -0.15) is 0 Å². The summed E-state index contributed by atoms with van der Waals surface area (Å²) in [5.74, 6) is 0.802. The Morgan fingerprint density at radius 2 is 1.30 bits per heavy atom. The highest BCUT2D eigenvalue weighted by Crippen LogP contribution is 2.59. The summed E-state index contributed by atoms with van der Waals surface area (Å²) in [6.45, 7) is 13.3. The molecule has 27 heavy (non-hydrogen) atoms. The molecule has 7 heteroatoms. The van der Waals surface area contributed by atoms with E-state index in [1.54, 1.807) is 21.3 Å². The Hall–Kier alpha value is -0.216. The third-order valence-electron chi connectivity index (χ3n) is 7.41. The van der Waals surface area contributed by atoms with Crippen molar-refractivity contribution >= 4 is 23.1 Å². The van der Waals surface area contributed by atoms with Crippen LogP contribution in [0, 0.1) is 17.8 Å². The zero-order chi connectivity index (χ0) is 20.6. The van der Waals surface area contributed by atoms with Crippen LogP contribution in [0.15, 0.2) is 0 Å². The quantitative estimate of drug-likeness (QED) is 0.495. The normalized spacial score (nSPS) is 28.6. The van der Waals surface area contributed by atoms with E-state index in [0.29, 0.717) is 22.5 Å². The second kappa shape index (κ2) is 8.65. The van der Waals surface area contributed by atoms with Gasteiger partial charge in [0.25, 0.3) is 14.3 Å². The molecule has 0 heterocycles. The van der Waals surface area contributed by atoms with Crippen LogP contribution in [-0.2, 0) is 22.5 Å². The van der Waals surface area contributed by atoms with Gasteiger partial charge in [-0.1, -0.05) is 41.5 Å². The van der Waals surface area contributed by atoms with Gasteiger partial charge in [0.2, 0.25) is 0 Å². The van der Waals surface area contributed by atoms with E-state index in [9.17, 15) is 4.79 Å². The molecule has 0 aromatic heterocycles. The summed E-state index contributed by atoms with van der Waals surface area (Å²) in [5.41, 5.74) is 1.41. The summed E-state index contributed by atoms with van der Waals surface area (Å²) in [7, 11) is 0.0635. The number of hydrogen-bond acceptors (Lipinski definition) is 5. The van der Waals surface area contributed by atoms with Crippen molar-refractivity contribution in [3.8, 4) is 0 Å². The maximum atomic E-state index is 13.4. The molecule has 2 rings (SSSR count). The third kappa shape index (κ3) is 3.82. The summed E-state index contributed by atoms with van der Waals surface area (Å²) < 4.78 is 23.8. The van der Waals surface area contributed by atoms with Crippen LogP contribution in [0.4, 0.5) is 0 Å². The van der Waals surface area contributed by atoms with E-state index in [1.165, 1.54) is 0 Å². The first kappa shape index (κ1) is 23.1. The van der Waals surface area contributed by atoms with Crippen LogP contribution in [0.1, 0.15) is 60.8 Å². The molecule has 2 bridgehead atoms. The molecule has 2 aliphatic carbocycles. The van der Waals surface area contributed by atoms with Gasteiger partial charge in [0.05, 0.1) is 5.92 Å². The number of hydrogen-bond donors (Lipinski definition) is 0. The van der Waals surface area contributed by atoms with Gasteiger partial charge in [0.15, 0.2) is 0 Å². The smallest absolute Gasteiger partial charge is 0.503 e. The molecule has 0 aliphatic heterocycles. The molecule has 2 fully saturated rings. The van der Waals surface area contributed by atoms with Gasteiger partial charge in [-0.25, -0.2) is 0 Å². The average molecular weight is 417 g/mol. The van der Waals surface area contributed by atoms with E-state index in [1.807, 2.05) is 0 Å². The Morgan fingerprint density at radius 3 is 1.67 bits per heavy atom. The number of carbonyl (C=O) groups is 1. The molecule has 0 spiro atoms. The molecule has 0 saturated heterocycles. The molecule has 2 saturated carbocycles. The van der Waals surface area contributed by atoms with E-state index in [2.05, 4.69) is 41.5 Å². The monoisotopic (exact) mass is 416 g/mol. The van der Waals surface area contributed by atoms with Crippen molar-refractivity contribution in [1.29, 1.82) is 0 Å². The molecule has 4 atom stereocenters. The maximum Gasteiger partial charge on any atom is 0.503 e. The van der Waals surface area contributed by atoms with E-state index < -0.39 is 17.1 Å². The largest absolute Gasteiger partial charge is 0.518 e. The van der Waals surface area contributed by atoms with Crippen LogP contribution in [-0.4, -0.2) is 44.4 Å². The second-order valence-corrected chi connectivity index (χ2v) is 18.0. The summed E-state index contributed by atoms with van der Waals surface area (Å²) >= 11 is 0. The van der Waals surface area contributed by atoms with Crippen LogP contribution in [0.25, 0.3) is 0 Å². The molecule has 0 radical (unpaired) electrons. The van der Waals surface area contributed by atoms with Crippen molar-refractivity contribution in [3.63, 3.8) is 0 Å². The predicted octanol–water partition coefficient (Wildman–Crippen LogP) is 5.00. The Balaban J connectivity index is 2.25. The zero-order valence-corrected chi connectivity index (χ0v) is 20.7. The highest BCUT2D eigenvalue weighted by atomic mass is 28.4. The summed E-state index contributed by atoms with van der Waals surface area (Å²) in [5, 5.41) is 0. The highest BCUT2D eigenvalue weighted by molar-refractivity contribution is 6.79. The second-order valence-electron chi connectivity index (χ2n) is 9.40. The molecule has 0 N–H and O–H groups in total. The van der Waals surface area contributed by atoms with Gasteiger partial charge >= 0.3 is 8.80 Å². The molecule has 4 unspecified atom stereocenters. The van der Waals surface area contributed by atoms with Gasteiger partial charge in [-0.3, -0.25) is 4.79 Å². The SMILES string of the molecule is CO[Si](OC)(OC)C1CC2CC(C(=O)O[Si](C(C)C)(C(C)C)C(C)C)C1C2. The fraction of sp³-hybridized carbons (Fsp3) is 0.950. The fourth-order valence-corrected chi connectivity index (χ4v) is 14.5. The lowest BCUT2D eigenvalue weighted by Crippen LogP contribution is -2.53. The lowest BCUT2D eigenvalue weighted by atomic mass is 9.88. The van der Waals surface area contributed by atoms with E-state index in [0.717, 1.165) is 19.3 Å². The summed E-state index contributed by atoms with van der Waals surface area (Å²) in [4.78, 5) is 13.4. The van der Waals surface area contributed by atoms with Gasteiger partial charge in [-0.15, -0.1) is 0 Å². The summed E-state index contributed by atoms with van der Waals surface area (Å²) in [6, 6.07) is 0. The minimum Gasteiger partial charge on any atom is -0.518 e. The minimum atomic E-state index is -2.75. The lowest BCUT2D eigenvalue weighted by molar-refractivity contribution is -0.142. The molecule has 0 aromatic rings. The van der Waals surface area contributed by atoms with Crippen LogP contribution >= 0.6 is 0 Å². The predicted molar refractivity (Wildman–Crippen MR) is 112 cm³/mol. The van der Waals surface area contributed by atoms with E-state index in [-0.39, 0.29) is 23.3 Å². The average Bonchev–Trinajstić information content (AvgIpc) is 3.21. The van der Waals surface area contributed by atoms with Crippen molar-refractivity contribution in [2.24, 2.45) is 17.8 Å². The molecule has 0 aromatic carbocycles. The first-order valence-corrected chi connectivity index (χ1v) is 14.4. The Morgan fingerprint density at radius 1 is 0.815 bits per heavy atom. The third-order valence-corrected chi connectivity index (χ3v) is 16.7. The lowest BCUT2D eigenvalue weighted by Gasteiger charge is -2.43. The van der Waals surface area contributed by atoms with Crippen LogP contribution in [0.2, 0.25) is 22.2 Å². The first-order valence-electron chi connectivity index (χ1n) is 10.5. The minimum absolute atomic E-state index is 0.0289. The van der Waals surface area contributed by atoms with Gasteiger partial charge in [0.1, 0.15) is 0 Å². The van der Waals surface area contributed by atoms with E-state index in [4.69, 9.17) is 17.7 Å². The van der Waals surface area contributed by atoms with Gasteiger partial charge < -0.3 is 17.7 Å². The van der Waals surface area contributed by atoms with E-state index >= 15 is 0 Å². The first-order chi connectivity index (χ1) is 12.6. The molecule has 5 nitrogen and oxygen atoms in total. The van der Waals surface area contributed by atoms with Crippen molar-refractivity contribution < 1.29 is 22.5 Å². The van der Waals surface area contributed by atoms with Crippen LogP contribution < -0.4 is 0 Å². The number of fused-ring (bicyclic) bond motifs is 2. The maximum absolute atomic E-state index is 13.4. The Kier molecular flexibility index (Phi) is 7.39. The van der Waals surface area contributed by atoms with Crippen LogP contribution in [0.3, 0.4) is 0 Å². The standard InChI is InChI=1S/C20H40O5Si2/c1-13(2)26(14(3)4,15(5)6)25-20(21)18-11-16-10-17(18)19(12-16)27(22-7,23-8)24-9/h13-19H,10-12H2,1-9H3. The van der Waals surface area contributed by atoms with Crippen molar-refractivity contribution in [2.45, 2.75) is 83.0 Å². The fourth-order valence-electron chi connectivity index (χ4n) is 6.34. The molecular weight excluding hydrogens is 376 g/mol. The zero-order valence-electron chi connectivity index (χ0n) is 18.7. The molecule has 158 valence electrons. The topological polar surface area (TPSA) is 54.0 Å². The number of carbonyl (C=O) groups excluding carboxylic acids is 1. The van der Waals surface area contributed by atoms with Gasteiger partial charge in [0, 0.05) is 26.9 Å². The molecular formula is C20H40O5Si2. The Labute approximate surface area is 168 Å². The van der Waals surface area contributed by atoms with Crippen molar-refractivity contribution in [3.05, 3.63) is 0 Å². The Bertz CT molecular complexity index is 488. The van der Waals surface area contributed by atoms with Crippen molar-refractivity contribution in [1.82, 2.24) is 0 Å².